The maximum Gasteiger partial charge on any atom is 0.167 e. The summed E-state index contributed by atoms with van der Waals surface area (Å²) in [7, 11) is 0. The van der Waals surface area contributed by atoms with E-state index in [1.165, 1.54) is 6.33 Å². The van der Waals surface area contributed by atoms with Gasteiger partial charge in [0.25, 0.3) is 0 Å². The Kier molecular flexibility index (Phi) is 3.28. The lowest BCUT2D eigenvalue weighted by Crippen LogP contribution is -2.32. The number of nitrogens with two attached hydrogens (primary N) is 1. The summed E-state index contributed by atoms with van der Waals surface area (Å²) in [6.07, 6.45) is -2.09. The summed E-state index contributed by atoms with van der Waals surface area (Å²) in [5.41, 5.74) is 6.67. The van der Waals surface area contributed by atoms with E-state index in [9.17, 15) is 10.2 Å². The number of nitrogen functional groups attached to an aromatic ring is 1. The first-order valence-corrected chi connectivity index (χ1v) is 6.75. The van der Waals surface area contributed by atoms with Crippen molar-refractivity contribution in [2.75, 3.05) is 11.5 Å². The number of imidazole rings is 1. The van der Waals surface area contributed by atoms with Crippen molar-refractivity contribution in [3.63, 3.8) is 0 Å². The number of thiol groups is 1. The van der Waals surface area contributed by atoms with E-state index in [1.807, 2.05) is 0 Å². The number of anilines is 1. The molecular weight excluding hydrogens is 282 g/mol. The first-order chi connectivity index (χ1) is 9.54. The van der Waals surface area contributed by atoms with Gasteiger partial charge in [-0.15, -0.1) is 0 Å². The summed E-state index contributed by atoms with van der Waals surface area (Å²) in [4.78, 5) is 12.3. The molecule has 4 N–H and O–H groups in total. The molecule has 0 radical (unpaired) electrons. The van der Waals surface area contributed by atoms with E-state index in [-0.39, 0.29) is 5.82 Å². The standard InChI is InChI=1S/C11H15N5O3S/c1-4-15-6-9(12)13-3-14-10(6)16(4)11-8(18)7(17)5(2-20)19-11/h3,5,7-8,11,17-18,20H,2H2,1H3,(H2,12,13,14)/t5-,7-,8-,11-/m1/s1. The third-order valence-corrected chi connectivity index (χ3v) is 3.81. The van der Waals surface area contributed by atoms with Crippen LogP contribution in [-0.2, 0) is 4.74 Å². The molecule has 1 fully saturated rings. The second-order valence-electron chi connectivity index (χ2n) is 4.69. The van der Waals surface area contributed by atoms with Gasteiger partial charge in [0.15, 0.2) is 23.2 Å². The zero-order valence-corrected chi connectivity index (χ0v) is 11.6. The molecular formula is C11H15N5O3S. The number of fused-ring (bicyclic) bond motifs is 1. The van der Waals surface area contributed by atoms with Crippen LogP contribution in [0.1, 0.15) is 12.1 Å². The number of ether oxygens (including phenoxy) is 1. The first kappa shape index (κ1) is 13.6. The number of aliphatic hydroxyl groups excluding tert-OH is 2. The lowest BCUT2D eigenvalue weighted by atomic mass is 10.1. The van der Waals surface area contributed by atoms with E-state index in [4.69, 9.17) is 10.5 Å². The molecule has 8 nitrogen and oxygen atoms in total. The fourth-order valence-corrected chi connectivity index (χ4v) is 2.74. The Morgan fingerprint density at radius 3 is 2.80 bits per heavy atom. The van der Waals surface area contributed by atoms with Crippen molar-refractivity contribution in [2.45, 2.75) is 31.5 Å². The SMILES string of the molecule is Cc1nc2c(N)ncnc2n1[C@@H]1O[C@H](CS)[C@@H](O)[C@H]1O. The highest BCUT2D eigenvalue weighted by molar-refractivity contribution is 7.80. The molecule has 1 aliphatic heterocycles. The maximum absolute atomic E-state index is 10.2. The summed E-state index contributed by atoms with van der Waals surface area (Å²) in [5, 5.41) is 20.1. The smallest absolute Gasteiger partial charge is 0.167 e. The molecule has 0 unspecified atom stereocenters. The van der Waals surface area contributed by atoms with Crippen molar-refractivity contribution < 1.29 is 14.9 Å². The van der Waals surface area contributed by atoms with Gasteiger partial charge in [-0.3, -0.25) is 4.57 Å². The van der Waals surface area contributed by atoms with Gasteiger partial charge >= 0.3 is 0 Å². The summed E-state index contributed by atoms with van der Waals surface area (Å²) in [6, 6.07) is 0. The second kappa shape index (κ2) is 4.85. The monoisotopic (exact) mass is 297 g/mol. The number of aryl methyl sites for hydroxylation is 1. The van der Waals surface area contributed by atoms with E-state index in [2.05, 4.69) is 27.6 Å². The largest absolute Gasteiger partial charge is 0.387 e. The quantitative estimate of drug-likeness (QED) is 0.539. The number of hydrogen-bond acceptors (Lipinski definition) is 8. The van der Waals surface area contributed by atoms with Crippen molar-refractivity contribution in [3.8, 4) is 0 Å². The average Bonchev–Trinajstić information content (AvgIpc) is 2.90. The van der Waals surface area contributed by atoms with Crippen LogP contribution in [0.5, 0.6) is 0 Å². The van der Waals surface area contributed by atoms with Crippen molar-refractivity contribution in [1.29, 1.82) is 0 Å². The third kappa shape index (κ3) is 1.85. The zero-order valence-electron chi connectivity index (χ0n) is 10.7. The molecule has 0 bridgehead atoms. The van der Waals surface area contributed by atoms with E-state index < -0.39 is 24.5 Å². The molecule has 0 amide bonds. The predicted octanol–water partition coefficient (Wildman–Crippen LogP) is -0.734. The molecule has 0 aromatic carbocycles. The first-order valence-electron chi connectivity index (χ1n) is 6.12. The molecule has 1 aliphatic rings. The molecule has 0 aliphatic carbocycles. The van der Waals surface area contributed by atoms with Gasteiger partial charge in [0.05, 0.1) is 6.10 Å². The van der Waals surface area contributed by atoms with Gasteiger partial charge in [-0.05, 0) is 6.92 Å². The van der Waals surface area contributed by atoms with Crippen LogP contribution in [-0.4, -0.2) is 53.8 Å². The highest BCUT2D eigenvalue weighted by Gasteiger charge is 2.44. The molecule has 2 aromatic rings. The van der Waals surface area contributed by atoms with E-state index in [0.717, 1.165) is 0 Å². The van der Waals surface area contributed by atoms with Gasteiger partial charge in [0.1, 0.15) is 24.4 Å². The highest BCUT2D eigenvalue weighted by atomic mass is 32.1. The average molecular weight is 297 g/mol. The lowest BCUT2D eigenvalue weighted by Gasteiger charge is -2.18. The Labute approximate surface area is 120 Å². The minimum Gasteiger partial charge on any atom is -0.387 e. The highest BCUT2D eigenvalue weighted by Crippen LogP contribution is 2.33. The van der Waals surface area contributed by atoms with Gasteiger partial charge in [0, 0.05) is 5.75 Å². The van der Waals surface area contributed by atoms with E-state index in [1.54, 1.807) is 11.5 Å². The van der Waals surface area contributed by atoms with Crippen LogP contribution >= 0.6 is 12.6 Å². The normalized spacial score (nSPS) is 30.2. The summed E-state index contributed by atoms with van der Waals surface area (Å²) < 4.78 is 7.27. The molecule has 0 spiro atoms. The molecule has 4 atom stereocenters. The third-order valence-electron chi connectivity index (χ3n) is 3.45. The topological polar surface area (TPSA) is 119 Å². The lowest BCUT2D eigenvalue weighted by molar-refractivity contribution is -0.0299. The number of hydrogen-bond donors (Lipinski definition) is 4. The van der Waals surface area contributed by atoms with Gasteiger partial charge < -0.3 is 20.7 Å². The number of aromatic nitrogens is 4. The molecule has 1 saturated heterocycles. The van der Waals surface area contributed by atoms with Crippen LogP contribution in [0, 0.1) is 6.92 Å². The Morgan fingerprint density at radius 2 is 2.15 bits per heavy atom. The maximum atomic E-state index is 10.2. The Hall–Kier alpha value is -1.42. The fourth-order valence-electron chi connectivity index (χ4n) is 2.43. The number of rotatable bonds is 2. The molecule has 0 saturated carbocycles. The van der Waals surface area contributed by atoms with Crippen LogP contribution in [0.4, 0.5) is 5.82 Å². The molecule has 3 heterocycles. The molecule has 3 rings (SSSR count). The van der Waals surface area contributed by atoms with Gasteiger partial charge in [0.2, 0.25) is 0 Å². The second-order valence-corrected chi connectivity index (χ2v) is 5.05. The fraction of sp³-hybridized carbons (Fsp3) is 0.545. The van der Waals surface area contributed by atoms with E-state index in [0.29, 0.717) is 22.7 Å². The summed E-state index contributed by atoms with van der Waals surface area (Å²) in [6.45, 7) is 1.75. The summed E-state index contributed by atoms with van der Waals surface area (Å²) in [5.74, 6) is 1.14. The van der Waals surface area contributed by atoms with Crippen LogP contribution in [0.2, 0.25) is 0 Å². The molecule has 108 valence electrons. The molecule has 9 heteroatoms. The van der Waals surface area contributed by atoms with Gasteiger partial charge in [-0.25, -0.2) is 15.0 Å². The van der Waals surface area contributed by atoms with Gasteiger partial charge in [-0.1, -0.05) is 0 Å². The predicted molar refractivity (Wildman–Crippen MR) is 74.2 cm³/mol. The van der Waals surface area contributed by atoms with Crippen LogP contribution in [0.3, 0.4) is 0 Å². The van der Waals surface area contributed by atoms with Crippen molar-refractivity contribution in [3.05, 3.63) is 12.2 Å². The van der Waals surface area contributed by atoms with Crippen molar-refractivity contribution in [1.82, 2.24) is 19.5 Å². The summed E-state index contributed by atoms with van der Waals surface area (Å²) >= 11 is 4.10. The zero-order chi connectivity index (χ0) is 14.4. The van der Waals surface area contributed by atoms with E-state index >= 15 is 0 Å². The minimum absolute atomic E-state index is 0.260. The number of aliphatic hydroxyl groups is 2. The Morgan fingerprint density at radius 1 is 1.40 bits per heavy atom. The Balaban J connectivity index is 2.11. The van der Waals surface area contributed by atoms with Crippen LogP contribution in [0.15, 0.2) is 6.33 Å². The molecule has 20 heavy (non-hydrogen) atoms. The van der Waals surface area contributed by atoms with Crippen molar-refractivity contribution in [2.24, 2.45) is 0 Å². The van der Waals surface area contributed by atoms with Crippen LogP contribution < -0.4 is 5.73 Å². The Bertz CT molecular complexity index is 648. The molecule has 2 aromatic heterocycles. The van der Waals surface area contributed by atoms with Gasteiger partial charge in [-0.2, -0.15) is 12.6 Å². The van der Waals surface area contributed by atoms with Crippen molar-refractivity contribution >= 4 is 29.6 Å². The minimum atomic E-state index is -1.08. The van der Waals surface area contributed by atoms with Crippen LogP contribution in [0.25, 0.3) is 11.2 Å². The number of nitrogens with zero attached hydrogens (tertiary/aromatic N) is 4.